The van der Waals surface area contributed by atoms with Crippen molar-refractivity contribution in [1.29, 1.82) is 0 Å². The van der Waals surface area contributed by atoms with Crippen LogP contribution in [0, 0.1) is 11.6 Å². The van der Waals surface area contributed by atoms with Gasteiger partial charge in [-0.2, -0.15) is 0 Å². The van der Waals surface area contributed by atoms with Gasteiger partial charge in [0.15, 0.2) is 0 Å². The summed E-state index contributed by atoms with van der Waals surface area (Å²) in [5.41, 5.74) is -0.876. The minimum Gasteiger partial charge on any atom is -0.477 e. The minimum atomic E-state index is -1.29. The van der Waals surface area contributed by atoms with Crippen LogP contribution in [0.4, 0.5) is 14.7 Å². The number of amides is 1. The third kappa shape index (κ3) is 9.35. The Balaban J connectivity index is 0.000000215. The van der Waals surface area contributed by atoms with E-state index in [1.165, 1.54) is 35.8 Å². The molecule has 2 aromatic carbocycles. The lowest BCUT2D eigenvalue weighted by Crippen LogP contribution is -2.18. The number of thioether (sulfide) groups is 2. The van der Waals surface area contributed by atoms with Crippen LogP contribution in [-0.4, -0.2) is 49.4 Å². The first kappa shape index (κ1) is 32.6. The van der Waals surface area contributed by atoms with Crippen molar-refractivity contribution < 1.29 is 33.0 Å². The van der Waals surface area contributed by atoms with Crippen LogP contribution in [0.3, 0.4) is 0 Å². The number of ether oxygens (including phenoxy) is 2. The topological polar surface area (TPSA) is 156 Å². The van der Waals surface area contributed by atoms with Crippen LogP contribution in [0.2, 0.25) is 0 Å². The highest BCUT2D eigenvalue weighted by atomic mass is 32.2. The Labute approximate surface area is 263 Å². The van der Waals surface area contributed by atoms with Gasteiger partial charge in [0, 0.05) is 22.1 Å². The Morgan fingerprint density at radius 2 is 1.33 bits per heavy atom. The molecule has 230 valence electrons. The smallest absolute Gasteiger partial charge is 0.341 e. The van der Waals surface area contributed by atoms with E-state index in [9.17, 15) is 23.2 Å². The lowest BCUT2D eigenvalue weighted by atomic mass is 10.2. The number of carbonyl (C=O) groups excluding carboxylic acids is 1. The number of aromatic nitrogens is 4. The maximum absolute atomic E-state index is 13.6. The van der Waals surface area contributed by atoms with E-state index in [1.807, 2.05) is 24.6 Å². The number of carbonyl (C=O) groups is 2. The highest BCUT2D eigenvalue weighted by Gasteiger charge is 2.18. The second-order valence-electron chi connectivity index (χ2n) is 8.62. The summed E-state index contributed by atoms with van der Waals surface area (Å²) in [6.07, 6.45) is 6.94. The first-order valence-electron chi connectivity index (χ1n) is 12.7. The molecular weight excluding hydrogens is 628 g/mol. The average Bonchev–Trinajstić information content (AvgIpc) is 3.03. The molecule has 15 heteroatoms. The second kappa shape index (κ2) is 15.4. The molecule has 1 amide bonds. The summed E-state index contributed by atoms with van der Waals surface area (Å²) in [6, 6.07) is 17.4. The molecule has 3 N–H and O–H groups in total. The fourth-order valence-corrected chi connectivity index (χ4v) is 4.39. The number of hydrogen-bond acceptors (Lipinski definition) is 10. The van der Waals surface area contributed by atoms with Gasteiger partial charge in [-0.15, -0.1) is 23.5 Å². The number of anilines is 1. The van der Waals surface area contributed by atoms with E-state index in [1.54, 1.807) is 36.4 Å². The van der Waals surface area contributed by atoms with Crippen LogP contribution in [0.25, 0.3) is 0 Å². The van der Waals surface area contributed by atoms with Gasteiger partial charge in [0.05, 0.1) is 12.4 Å². The summed E-state index contributed by atoms with van der Waals surface area (Å²) in [5, 5.41) is 11.4. The zero-order valence-electron chi connectivity index (χ0n) is 23.5. The van der Waals surface area contributed by atoms with Crippen molar-refractivity contribution in [3.63, 3.8) is 0 Å². The number of rotatable bonds is 9. The van der Waals surface area contributed by atoms with E-state index < -0.39 is 29.1 Å². The van der Waals surface area contributed by atoms with Crippen molar-refractivity contribution in [3.8, 4) is 23.3 Å². The van der Waals surface area contributed by atoms with E-state index in [0.29, 0.717) is 11.5 Å². The van der Waals surface area contributed by atoms with Gasteiger partial charge in [-0.3, -0.25) is 19.9 Å². The van der Waals surface area contributed by atoms with Crippen LogP contribution >= 0.6 is 23.5 Å². The molecule has 0 radical (unpaired) electrons. The molecule has 0 bridgehead atoms. The molecule has 11 nitrogen and oxygen atoms in total. The Hall–Kier alpha value is -5.28. The van der Waals surface area contributed by atoms with Crippen molar-refractivity contribution in [2.24, 2.45) is 0 Å². The third-order valence-corrected chi connectivity index (χ3v) is 6.98. The molecule has 3 heterocycles. The zero-order valence-corrected chi connectivity index (χ0v) is 25.1. The summed E-state index contributed by atoms with van der Waals surface area (Å²) in [4.78, 5) is 50.3. The predicted molar refractivity (Wildman–Crippen MR) is 165 cm³/mol. The van der Waals surface area contributed by atoms with Crippen molar-refractivity contribution in [2.45, 2.75) is 9.79 Å². The van der Waals surface area contributed by atoms with Gasteiger partial charge in [0.1, 0.15) is 34.3 Å². The van der Waals surface area contributed by atoms with Crippen LogP contribution in [0.5, 0.6) is 23.3 Å². The molecule has 45 heavy (non-hydrogen) atoms. The molecule has 0 fully saturated rings. The van der Waals surface area contributed by atoms with Crippen molar-refractivity contribution in [3.05, 3.63) is 118 Å². The fraction of sp³-hybridized carbons (Fsp3) is 0.0667. The van der Waals surface area contributed by atoms with Crippen molar-refractivity contribution in [1.82, 2.24) is 19.9 Å². The number of hydrogen-bond donors (Lipinski definition) is 3. The van der Waals surface area contributed by atoms with E-state index in [-0.39, 0.29) is 28.8 Å². The first-order chi connectivity index (χ1) is 21.6. The quantitative estimate of drug-likeness (QED) is 0.149. The standard InChI is InChI=1S/C17H13FN4O3S.C13H10FNO3S/c1-26-12-4-2-3-11(8-12)25-16-13(7-10(18)9-20-16)15(24)22-17-19-6-5-14(23)21-17;1-19-10-4-2-3-9(6-10)18-12-11(13(16)17)5-8(14)7-15-12/h2-9H,1H3,(H2,19,21,22,23,24);2-7H,1H3,(H,16,17). The number of nitrogens with zero attached hydrogens (tertiary/aromatic N) is 3. The molecule has 5 aromatic rings. The molecule has 0 aliphatic heterocycles. The number of nitrogens with one attached hydrogen (secondary N) is 2. The lowest BCUT2D eigenvalue weighted by Gasteiger charge is -2.10. The zero-order chi connectivity index (χ0) is 32.3. The minimum absolute atomic E-state index is 0.0675. The maximum Gasteiger partial charge on any atom is 0.341 e. The Bertz CT molecular complexity index is 1890. The number of H-pyrrole nitrogens is 1. The number of pyridine rings is 2. The molecule has 0 aliphatic rings. The summed E-state index contributed by atoms with van der Waals surface area (Å²) in [5.74, 6) is -2.79. The number of halogens is 2. The number of aromatic amines is 1. The van der Waals surface area contributed by atoms with Crippen LogP contribution in [0.1, 0.15) is 20.7 Å². The Morgan fingerprint density at radius 1 is 0.800 bits per heavy atom. The molecule has 3 aromatic heterocycles. The summed E-state index contributed by atoms with van der Waals surface area (Å²) in [6.45, 7) is 0. The highest BCUT2D eigenvalue weighted by Crippen LogP contribution is 2.28. The van der Waals surface area contributed by atoms with Crippen LogP contribution < -0.4 is 20.3 Å². The summed E-state index contributed by atoms with van der Waals surface area (Å²) >= 11 is 3.06. The summed E-state index contributed by atoms with van der Waals surface area (Å²) < 4.78 is 37.6. The van der Waals surface area contributed by atoms with E-state index in [0.717, 1.165) is 34.3 Å². The SMILES string of the molecule is CSc1cccc(Oc2ncc(F)cc2C(=O)Nc2nccc(=O)[nH]2)c1.CSc1cccc(Oc2ncc(F)cc2C(=O)O)c1. The largest absolute Gasteiger partial charge is 0.477 e. The highest BCUT2D eigenvalue weighted by molar-refractivity contribution is 7.98. The number of carboxylic acid groups (broad SMARTS) is 1. The second-order valence-corrected chi connectivity index (χ2v) is 10.4. The van der Waals surface area contributed by atoms with Gasteiger partial charge in [-0.25, -0.2) is 28.5 Å². The van der Waals surface area contributed by atoms with E-state index >= 15 is 0 Å². The molecular formula is C30H23F2N5O6S2. The third-order valence-electron chi connectivity index (χ3n) is 5.53. The maximum atomic E-state index is 13.6. The first-order valence-corrected chi connectivity index (χ1v) is 15.1. The van der Waals surface area contributed by atoms with E-state index in [2.05, 4.69) is 25.3 Å². The fourth-order valence-electron chi connectivity index (χ4n) is 3.49. The van der Waals surface area contributed by atoms with Gasteiger partial charge in [0.25, 0.3) is 11.5 Å². The number of benzene rings is 2. The van der Waals surface area contributed by atoms with Gasteiger partial charge < -0.3 is 14.6 Å². The monoisotopic (exact) mass is 651 g/mol. The Morgan fingerprint density at radius 3 is 1.84 bits per heavy atom. The lowest BCUT2D eigenvalue weighted by molar-refractivity contribution is 0.0692. The van der Waals surface area contributed by atoms with E-state index in [4.69, 9.17) is 14.6 Å². The number of carboxylic acids is 1. The average molecular weight is 652 g/mol. The molecule has 0 atom stereocenters. The predicted octanol–water partition coefficient (Wildman–Crippen LogP) is 6.50. The normalized spacial score (nSPS) is 10.3. The Kier molecular flexibility index (Phi) is 11.2. The van der Waals surface area contributed by atoms with Crippen molar-refractivity contribution in [2.75, 3.05) is 17.8 Å². The molecule has 0 saturated carbocycles. The van der Waals surface area contributed by atoms with Crippen LogP contribution in [-0.2, 0) is 0 Å². The van der Waals surface area contributed by atoms with Gasteiger partial charge in [-0.1, -0.05) is 12.1 Å². The molecule has 0 spiro atoms. The van der Waals surface area contributed by atoms with Crippen molar-refractivity contribution >= 4 is 41.3 Å². The van der Waals surface area contributed by atoms with Crippen LogP contribution in [0.15, 0.2) is 99.9 Å². The number of aromatic carboxylic acids is 1. The molecule has 0 aliphatic carbocycles. The van der Waals surface area contributed by atoms with Gasteiger partial charge in [-0.05, 0) is 61.0 Å². The summed E-state index contributed by atoms with van der Waals surface area (Å²) in [7, 11) is 0. The molecule has 0 unspecified atom stereocenters. The molecule has 5 rings (SSSR count). The molecule has 0 saturated heterocycles. The van der Waals surface area contributed by atoms with Gasteiger partial charge >= 0.3 is 5.97 Å². The van der Waals surface area contributed by atoms with Gasteiger partial charge in [0.2, 0.25) is 17.7 Å².